The molecule has 1 saturated heterocycles. The number of hydrogen-bond donors (Lipinski definition) is 3. The number of imide groups is 1. The first kappa shape index (κ1) is 18.3. The van der Waals surface area contributed by atoms with Crippen molar-refractivity contribution in [2.45, 2.75) is 24.5 Å². The predicted octanol–water partition coefficient (Wildman–Crippen LogP) is -1.62. The Balaban J connectivity index is 1.68. The van der Waals surface area contributed by atoms with Gasteiger partial charge in [0.1, 0.15) is 12.2 Å². The fourth-order valence-corrected chi connectivity index (χ4v) is 3.22. The lowest BCUT2D eigenvalue weighted by molar-refractivity contribution is -0.178. The number of ether oxygens (including phenoxy) is 1. The van der Waals surface area contributed by atoms with Gasteiger partial charge in [0.15, 0.2) is 12.3 Å². The summed E-state index contributed by atoms with van der Waals surface area (Å²) >= 11 is 0. The van der Waals surface area contributed by atoms with E-state index in [2.05, 4.69) is 0 Å². The molecule has 11 heteroatoms. The minimum atomic E-state index is -1.46. The third kappa shape index (κ3) is 2.77. The summed E-state index contributed by atoms with van der Waals surface area (Å²) < 4.78 is 6.40. The maximum absolute atomic E-state index is 12.5. The summed E-state index contributed by atoms with van der Waals surface area (Å²) in [6.07, 6.45) is -4.16. The van der Waals surface area contributed by atoms with Gasteiger partial charge in [-0.25, -0.2) is 4.79 Å². The van der Waals surface area contributed by atoms with E-state index < -0.39 is 54.2 Å². The van der Waals surface area contributed by atoms with Crippen molar-refractivity contribution in [3.8, 4) is 0 Å². The Bertz CT molecular complexity index is 1030. The number of aromatic amines is 1. The highest BCUT2D eigenvalue weighted by atomic mass is 16.7. The van der Waals surface area contributed by atoms with Gasteiger partial charge in [-0.2, -0.15) is 0 Å². The number of aliphatic hydroxyl groups excluding tert-OH is 2. The number of nitrogens with one attached hydrogen (secondary N) is 1. The van der Waals surface area contributed by atoms with Crippen LogP contribution in [0.3, 0.4) is 0 Å². The average molecular weight is 389 g/mol. The SMILES string of the molecule is O=C1c2ccccc2C(=O)N1OC1C(O)[C@H](CO)O[C@@H]1n1ccc(=O)[nH]c1=O. The monoisotopic (exact) mass is 389 g/mol. The van der Waals surface area contributed by atoms with Gasteiger partial charge in [0, 0.05) is 12.3 Å². The van der Waals surface area contributed by atoms with Crippen molar-refractivity contribution in [2.75, 3.05) is 6.61 Å². The molecule has 0 spiro atoms. The van der Waals surface area contributed by atoms with Crippen LogP contribution in [0.4, 0.5) is 0 Å². The van der Waals surface area contributed by atoms with Crippen molar-refractivity contribution < 1.29 is 29.4 Å². The summed E-state index contributed by atoms with van der Waals surface area (Å²) in [7, 11) is 0. The molecule has 1 fully saturated rings. The first-order chi connectivity index (χ1) is 13.4. The molecule has 28 heavy (non-hydrogen) atoms. The highest BCUT2D eigenvalue weighted by molar-refractivity contribution is 6.20. The number of aromatic nitrogens is 2. The first-order valence-corrected chi connectivity index (χ1v) is 8.33. The highest BCUT2D eigenvalue weighted by Crippen LogP contribution is 2.33. The number of rotatable bonds is 4. The minimum absolute atomic E-state index is 0.136. The number of carbonyl (C=O) groups is 2. The fourth-order valence-electron chi connectivity index (χ4n) is 3.22. The Morgan fingerprint density at radius 1 is 1.07 bits per heavy atom. The van der Waals surface area contributed by atoms with Gasteiger partial charge in [-0.1, -0.05) is 12.1 Å². The van der Waals surface area contributed by atoms with E-state index in [4.69, 9.17) is 9.57 Å². The van der Waals surface area contributed by atoms with Crippen LogP contribution < -0.4 is 11.2 Å². The number of H-pyrrole nitrogens is 1. The van der Waals surface area contributed by atoms with Gasteiger partial charge in [0.05, 0.1) is 17.7 Å². The summed E-state index contributed by atoms with van der Waals surface area (Å²) in [4.78, 5) is 55.9. The van der Waals surface area contributed by atoms with E-state index in [9.17, 15) is 29.4 Å². The molecule has 2 unspecified atom stereocenters. The molecule has 2 aromatic rings. The Morgan fingerprint density at radius 2 is 1.71 bits per heavy atom. The van der Waals surface area contributed by atoms with Crippen LogP contribution in [0.25, 0.3) is 0 Å². The van der Waals surface area contributed by atoms with Gasteiger partial charge in [-0.3, -0.25) is 28.8 Å². The van der Waals surface area contributed by atoms with Gasteiger partial charge in [-0.15, -0.1) is 5.06 Å². The summed E-state index contributed by atoms with van der Waals surface area (Å²) in [6, 6.07) is 7.15. The standard InChI is InChI=1S/C17H15N3O8/c21-7-10-12(23)13(16(27-10)19-6-5-11(22)18-17(19)26)28-20-14(24)8-3-1-2-4-9(8)15(20)25/h1-6,10,12-13,16,21,23H,7H2,(H,18,22,26)/t10-,12?,13?,16-/m0/s1. The minimum Gasteiger partial charge on any atom is -0.394 e. The molecule has 0 aliphatic carbocycles. The third-order valence-corrected chi connectivity index (χ3v) is 4.60. The fraction of sp³-hybridized carbons (Fsp3) is 0.294. The van der Waals surface area contributed by atoms with E-state index in [0.29, 0.717) is 5.06 Å². The van der Waals surface area contributed by atoms with Gasteiger partial charge in [-0.05, 0) is 12.1 Å². The van der Waals surface area contributed by atoms with Crippen molar-refractivity contribution >= 4 is 11.8 Å². The molecular weight excluding hydrogens is 374 g/mol. The molecule has 0 bridgehead atoms. The van der Waals surface area contributed by atoms with Crippen LogP contribution in [0, 0.1) is 0 Å². The summed E-state index contributed by atoms with van der Waals surface area (Å²) in [5, 5.41) is 20.3. The second-order valence-corrected chi connectivity index (χ2v) is 6.28. The van der Waals surface area contributed by atoms with Crippen molar-refractivity contribution in [1.29, 1.82) is 0 Å². The van der Waals surface area contributed by atoms with Crippen LogP contribution in [-0.4, -0.2) is 61.6 Å². The third-order valence-electron chi connectivity index (χ3n) is 4.60. The number of benzene rings is 1. The molecule has 2 aliphatic rings. The quantitative estimate of drug-likeness (QED) is 0.528. The van der Waals surface area contributed by atoms with Crippen molar-refractivity contribution in [3.63, 3.8) is 0 Å². The zero-order valence-corrected chi connectivity index (χ0v) is 14.2. The zero-order chi connectivity index (χ0) is 20.0. The van der Waals surface area contributed by atoms with E-state index in [1.54, 1.807) is 12.1 Å². The normalized spacial score (nSPS) is 26.7. The van der Waals surface area contributed by atoms with Crippen LogP contribution in [0.2, 0.25) is 0 Å². The number of hydroxylamine groups is 2. The van der Waals surface area contributed by atoms with E-state index in [-0.39, 0.29) is 11.1 Å². The van der Waals surface area contributed by atoms with Crippen LogP contribution in [0.1, 0.15) is 26.9 Å². The molecule has 3 heterocycles. The van der Waals surface area contributed by atoms with E-state index in [0.717, 1.165) is 16.8 Å². The lowest BCUT2D eigenvalue weighted by Gasteiger charge is -2.25. The van der Waals surface area contributed by atoms with Gasteiger partial charge in [0.2, 0.25) is 0 Å². The number of fused-ring (bicyclic) bond motifs is 1. The van der Waals surface area contributed by atoms with Crippen LogP contribution >= 0.6 is 0 Å². The van der Waals surface area contributed by atoms with E-state index >= 15 is 0 Å². The second kappa shape index (κ2) is 6.80. The van der Waals surface area contributed by atoms with Crippen molar-refractivity contribution in [3.05, 3.63) is 68.5 Å². The van der Waals surface area contributed by atoms with Crippen molar-refractivity contribution in [2.24, 2.45) is 0 Å². The molecule has 0 saturated carbocycles. The number of aliphatic hydroxyl groups is 2. The Labute approximate surface area is 156 Å². The molecule has 146 valence electrons. The van der Waals surface area contributed by atoms with Gasteiger partial charge in [0.25, 0.3) is 17.4 Å². The highest BCUT2D eigenvalue weighted by Gasteiger charge is 2.49. The smallest absolute Gasteiger partial charge is 0.330 e. The largest absolute Gasteiger partial charge is 0.394 e. The molecule has 2 amide bonds. The molecule has 4 atom stereocenters. The van der Waals surface area contributed by atoms with Crippen molar-refractivity contribution in [1.82, 2.24) is 14.6 Å². The zero-order valence-electron chi connectivity index (χ0n) is 14.2. The molecule has 1 aromatic carbocycles. The van der Waals surface area contributed by atoms with Crippen LogP contribution in [0.15, 0.2) is 46.1 Å². The van der Waals surface area contributed by atoms with Crippen LogP contribution in [-0.2, 0) is 9.57 Å². The second-order valence-electron chi connectivity index (χ2n) is 6.28. The first-order valence-electron chi connectivity index (χ1n) is 8.33. The predicted molar refractivity (Wildman–Crippen MR) is 90.1 cm³/mol. The number of nitrogens with zero attached hydrogens (tertiary/aromatic N) is 2. The Hall–Kier alpha value is -3.12. The number of amides is 2. The summed E-state index contributed by atoms with van der Waals surface area (Å²) in [5.74, 6) is -1.46. The van der Waals surface area contributed by atoms with E-state index in [1.165, 1.54) is 12.1 Å². The average Bonchev–Trinajstić information content (AvgIpc) is 3.12. The Morgan fingerprint density at radius 3 is 2.29 bits per heavy atom. The lowest BCUT2D eigenvalue weighted by Crippen LogP contribution is -2.44. The lowest BCUT2D eigenvalue weighted by atomic mass is 10.1. The summed E-state index contributed by atoms with van der Waals surface area (Å²) in [6.45, 7) is -0.599. The number of hydrogen-bond acceptors (Lipinski definition) is 8. The molecule has 0 radical (unpaired) electrons. The number of carbonyl (C=O) groups excluding carboxylic acids is 2. The van der Waals surface area contributed by atoms with Gasteiger partial charge >= 0.3 is 5.69 Å². The van der Waals surface area contributed by atoms with E-state index in [1.807, 2.05) is 4.98 Å². The molecule has 11 nitrogen and oxygen atoms in total. The molecule has 3 N–H and O–H groups in total. The molecular formula is C17H15N3O8. The Kier molecular flexibility index (Phi) is 4.43. The maximum Gasteiger partial charge on any atom is 0.330 e. The van der Waals surface area contributed by atoms with Crippen LogP contribution in [0.5, 0.6) is 0 Å². The molecule has 4 rings (SSSR count). The van der Waals surface area contributed by atoms with Gasteiger partial charge < -0.3 is 14.9 Å². The molecule has 2 aliphatic heterocycles. The maximum atomic E-state index is 12.5. The summed E-state index contributed by atoms with van der Waals surface area (Å²) in [5.41, 5.74) is -1.22. The topological polar surface area (TPSA) is 151 Å². The molecule has 1 aromatic heterocycles.